The highest BCUT2D eigenvalue weighted by Crippen LogP contribution is 2.12. The minimum Gasteiger partial charge on any atom is -0.410 e. The molecule has 1 heterocycles. The Kier molecular flexibility index (Phi) is 4.57. The zero-order valence-corrected chi connectivity index (χ0v) is 11.6. The summed E-state index contributed by atoms with van der Waals surface area (Å²) in [4.78, 5) is 27.3. The van der Waals surface area contributed by atoms with Crippen LogP contribution in [-0.4, -0.2) is 27.6 Å². The third-order valence-electron chi connectivity index (χ3n) is 2.76. The molecule has 0 fully saturated rings. The Morgan fingerprint density at radius 1 is 1.18 bits per heavy atom. The van der Waals surface area contributed by atoms with E-state index in [-0.39, 0.29) is 28.6 Å². The summed E-state index contributed by atoms with van der Waals surface area (Å²) >= 11 is 0. The number of nitrogens with zero attached hydrogens (tertiary/aromatic N) is 2. The molecule has 0 atom stereocenters. The van der Waals surface area contributed by atoms with E-state index in [1.807, 2.05) is 0 Å². The molecule has 2 aromatic rings. The monoisotopic (exact) mass is 301 g/mol. The Morgan fingerprint density at radius 3 is 2.45 bits per heavy atom. The summed E-state index contributed by atoms with van der Waals surface area (Å²) in [6.07, 6.45) is 1.35. The molecule has 0 aliphatic heterocycles. The van der Waals surface area contributed by atoms with Gasteiger partial charge in [-0.1, -0.05) is 5.16 Å². The third-order valence-corrected chi connectivity index (χ3v) is 2.76. The summed E-state index contributed by atoms with van der Waals surface area (Å²) in [6.45, 7) is 1.31. The first-order valence-corrected chi connectivity index (χ1v) is 6.27. The van der Waals surface area contributed by atoms with Gasteiger partial charge in [0.1, 0.15) is 11.6 Å². The van der Waals surface area contributed by atoms with E-state index in [4.69, 9.17) is 5.21 Å². The molecule has 1 aromatic carbocycles. The number of nitrogens with one attached hydrogen (secondary N) is 1. The Labute approximate surface area is 125 Å². The number of benzene rings is 1. The van der Waals surface area contributed by atoms with Crippen molar-refractivity contribution in [3.63, 3.8) is 0 Å². The van der Waals surface area contributed by atoms with E-state index in [2.05, 4.69) is 15.5 Å². The van der Waals surface area contributed by atoms with Crippen molar-refractivity contribution < 1.29 is 19.2 Å². The van der Waals surface area contributed by atoms with Crippen LogP contribution >= 0.6 is 0 Å². The molecule has 0 aliphatic rings. The van der Waals surface area contributed by atoms with Crippen molar-refractivity contribution in [1.29, 1.82) is 0 Å². The largest absolute Gasteiger partial charge is 0.410 e. The van der Waals surface area contributed by atoms with Crippen molar-refractivity contribution in [1.82, 2.24) is 4.98 Å². The Bertz CT molecular complexity index is 742. The molecule has 2 N–H and O–H groups in total. The van der Waals surface area contributed by atoms with Gasteiger partial charge in [-0.3, -0.25) is 9.59 Å². The molecule has 0 aliphatic carbocycles. The van der Waals surface area contributed by atoms with Crippen molar-refractivity contribution in [2.45, 2.75) is 6.92 Å². The van der Waals surface area contributed by atoms with Gasteiger partial charge in [0.2, 0.25) is 11.7 Å². The van der Waals surface area contributed by atoms with Crippen LogP contribution in [0.15, 0.2) is 47.8 Å². The lowest BCUT2D eigenvalue weighted by Gasteiger charge is -2.06. The Hall–Kier alpha value is -3.09. The molecular formula is C15H12FN3O3. The summed E-state index contributed by atoms with van der Waals surface area (Å²) in [6, 6.07) is 7.75. The molecule has 112 valence electrons. The van der Waals surface area contributed by atoms with Gasteiger partial charge in [-0.15, -0.1) is 0 Å². The van der Waals surface area contributed by atoms with Gasteiger partial charge >= 0.3 is 0 Å². The Morgan fingerprint density at radius 2 is 1.86 bits per heavy atom. The number of hydrogen-bond donors (Lipinski definition) is 2. The summed E-state index contributed by atoms with van der Waals surface area (Å²) in [5.74, 6) is -1.17. The summed E-state index contributed by atoms with van der Waals surface area (Å²) in [7, 11) is 0. The lowest BCUT2D eigenvalue weighted by Crippen LogP contribution is -2.17. The highest BCUT2D eigenvalue weighted by Gasteiger charge is 2.18. The topological polar surface area (TPSA) is 91.7 Å². The van der Waals surface area contributed by atoms with Crippen LogP contribution in [0, 0.1) is 5.82 Å². The predicted molar refractivity (Wildman–Crippen MR) is 77.6 cm³/mol. The van der Waals surface area contributed by atoms with E-state index in [0.29, 0.717) is 0 Å². The first-order chi connectivity index (χ1) is 10.5. The predicted octanol–water partition coefficient (Wildman–Crippen LogP) is 2.24. The van der Waals surface area contributed by atoms with Crippen LogP contribution in [0.2, 0.25) is 0 Å². The lowest BCUT2D eigenvalue weighted by atomic mass is 10.0. The van der Waals surface area contributed by atoms with E-state index >= 15 is 0 Å². The van der Waals surface area contributed by atoms with Crippen LogP contribution < -0.4 is 5.32 Å². The van der Waals surface area contributed by atoms with Crippen LogP contribution in [0.4, 0.5) is 10.2 Å². The van der Waals surface area contributed by atoms with Gasteiger partial charge < -0.3 is 10.5 Å². The normalized spacial score (nSPS) is 11.1. The van der Waals surface area contributed by atoms with E-state index < -0.39 is 11.6 Å². The van der Waals surface area contributed by atoms with Crippen molar-refractivity contribution in [2.24, 2.45) is 5.16 Å². The SMILES string of the molecule is CC(=O)Nc1cc(C(=O)/C(=N/O)c2ccc(F)cc2)ccn1. The average molecular weight is 301 g/mol. The van der Waals surface area contributed by atoms with Gasteiger partial charge in [-0.2, -0.15) is 0 Å². The maximum absolute atomic E-state index is 12.9. The van der Waals surface area contributed by atoms with Crippen LogP contribution in [0.1, 0.15) is 22.8 Å². The lowest BCUT2D eigenvalue weighted by molar-refractivity contribution is -0.114. The molecule has 1 aromatic heterocycles. The second-order valence-electron chi connectivity index (χ2n) is 4.40. The van der Waals surface area contributed by atoms with E-state index in [1.165, 1.54) is 37.4 Å². The van der Waals surface area contributed by atoms with Crippen molar-refractivity contribution >= 4 is 23.2 Å². The summed E-state index contributed by atoms with van der Waals surface area (Å²) in [5.41, 5.74) is 0.211. The number of Topliss-reactive ketones (excluding diaryl/α,β-unsaturated/α-hetero) is 1. The van der Waals surface area contributed by atoms with E-state index in [9.17, 15) is 14.0 Å². The Balaban J connectivity index is 2.33. The number of pyridine rings is 1. The summed E-state index contributed by atoms with van der Waals surface area (Å²) < 4.78 is 12.9. The quantitative estimate of drug-likeness (QED) is 0.392. The fourth-order valence-corrected chi connectivity index (χ4v) is 1.80. The minimum absolute atomic E-state index is 0.177. The second-order valence-corrected chi connectivity index (χ2v) is 4.40. The number of halogens is 1. The van der Waals surface area contributed by atoms with Gasteiger partial charge in [0.25, 0.3) is 0 Å². The first kappa shape index (κ1) is 15.3. The van der Waals surface area contributed by atoms with Crippen molar-refractivity contribution in [2.75, 3.05) is 5.32 Å². The molecule has 0 spiro atoms. The highest BCUT2D eigenvalue weighted by molar-refractivity contribution is 6.51. The minimum atomic E-state index is -0.580. The zero-order valence-electron chi connectivity index (χ0n) is 11.6. The molecular weight excluding hydrogens is 289 g/mol. The van der Waals surface area contributed by atoms with Gasteiger partial charge in [-0.05, 0) is 36.4 Å². The number of amides is 1. The van der Waals surface area contributed by atoms with Crippen LogP contribution in [-0.2, 0) is 4.79 Å². The molecule has 7 heteroatoms. The van der Waals surface area contributed by atoms with Crippen LogP contribution in [0.25, 0.3) is 0 Å². The van der Waals surface area contributed by atoms with Crippen molar-refractivity contribution in [3.8, 4) is 0 Å². The molecule has 0 saturated heterocycles. The average Bonchev–Trinajstić information content (AvgIpc) is 2.49. The number of carbonyl (C=O) groups is 2. The van der Waals surface area contributed by atoms with Gasteiger partial charge in [0.15, 0.2) is 5.71 Å². The highest BCUT2D eigenvalue weighted by atomic mass is 19.1. The molecule has 0 unspecified atom stereocenters. The molecule has 0 saturated carbocycles. The summed E-state index contributed by atoms with van der Waals surface area (Å²) in [5, 5.41) is 14.5. The molecule has 1 amide bonds. The molecule has 0 bridgehead atoms. The van der Waals surface area contributed by atoms with Crippen LogP contribution in [0.3, 0.4) is 0 Å². The number of anilines is 1. The molecule has 0 radical (unpaired) electrons. The van der Waals surface area contributed by atoms with Crippen molar-refractivity contribution in [3.05, 3.63) is 59.5 Å². The van der Waals surface area contributed by atoms with Gasteiger partial charge in [0.05, 0.1) is 0 Å². The third kappa shape index (κ3) is 3.51. The van der Waals surface area contributed by atoms with E-state index in [0.717, 1.165) is 12.1 Å². The van der Waals surface area contributed by atoms with E-state index in [1.54, 1.807) is 0 Å². The number of rotatable bonds is 4. The number of carbonyl (C=O) groups excluding carboxylic acids is 2. The maximum Gasteiger partial charge on any atom is 0.222 e. The maximum atomic E-state index is 12.9. The van der Waals surface area contributed by atoms with Crippen LogP contribution in [0.5, 0.6) is 0 Å². The number of hydrogen-bond acceptors (Lipinski definition) is 5. The molecule has 2 rings (SSSR count). The molecule has 22 heavy (non-hydrogen) atoms. The zero-order chi connectivity index (χ0) is 16.1. The smallest absolute Gasteiger partial charge is 0.222 e. The van der Waals surface area contributed by atoms with Gasteiger partial charge in [0, 0.05) is 24.2 Å². The standard InChI is InChI=1S/C15H12FN3O3/c1-9(20)18-13-8-11(6-7-17-13)15(21)14(19-22)10-2-4-12(16)5-3-10/h2-8,22H,1H3,(H,17,18,20)/b19-14+. The molecule has 6 nitrogen and oxygen atoms in total. The number of ketones is 1. The number of aromatic nitrogens is 1. The first-order valence-electron chi connectivity index (χ1n) is 6.27. The van der Waals surface area contributed by atoms with Gasteiger partial charge in [-0.25, -0.2) is 9.37 Å². The second kappa shape index (κ2) is 6.57. The number of oxime groups is 1. The fraction of sp³-hybridized carbons (Fsp3) is 0.0667. The fourth-order valence-electron chi connectivity index (χ4n) is 1.80.